The fourth-order valence-corrected chi connectivity index (χ4v) is 3.62. The number of carbonyl (C=O) groups is 1. The Bertz CT molecular complexity index is 1050. The van der Waals surface area contributed by atoms with Gasteiger partial charge in [-0.25, -0.2) is 0 Å². The van der Waals surface area contributed by atoms with Crippen molar-refractivity contribution in [3.63, 3.8) is 0 Å². The quantitative estimate of drug-likeness (QED) is 0.219. The Labute approximate surface area is 197 Å². The summed E-state index contributed by atoms with van der Waals surface area (Å²) in [5.41, 5.74) is 1.20. The average molecular weight is 532 g/mol. The average Bonchev–Trinajstić information content (AvgIpc) is 2.68. The zero-order chi connectivity index (χ0) is 21.0. The molecule has 0 aliphatic carbocycles. The van der Waals surface area contributed by atoms with E-state index in [-0.39, 0.29) is 5.11 Å². The molecule has 0 aliphatic heterocycles. The molecule has 0 heterocycles. The van der Waals surface area contributed by atoms with Gasteiger partial charge in [0.05, 0.1) is 5.69 Å². The molecular weight excluding hydrogens is 517 g/mol. The van der Waals surface area contributed by atoms with Crippen LogP contribution in [-0.2, 0) is 0 Å². The van der Waals surface area contributed by atoms with Crippen molar-refractivity contribution >= 4 is 90.4 Å². The fraction of sp³-hybridized carbons (Fsp3) is 0.100. The topological polar surface area (TPSA) is 53.2 Å². The van der Waals surface area contributed by atoms with Gasteiger partial charge in [0.25, 0.3) is 5.91 Å². The second-order valence-electron chi connectivity index (χ2n) is 6.05. The Morgan fingerprint density at radius 1 is 0.931 bits per heavy atom. The summed E-state index contributed by atoms with van der Waals surface area (Å²) in [5.74, 6) is -0.394. The first-order chi connectivity index (χ1) is 13.8. The van der Waals surface area contributed by atoms with Gasteiger partial charge in [-0.3, -0.25) is 4.79 Å². The monoisotopic (exact) mass is 529 g/mol. The van der Waals surface area contributed by atoms with Crippen molar-refractivity contribution in [2.75, 3.05) is 5.32 Å². The first-order valence-electron chi connectivity index (χ1n) is 8.43. The number of alkyl halides is 3. The molecule has 0 radical (unpaired) electrons. The maximum Gasteiger partial charge on any atom is 0.253 e. The van der Waals surface area contributed by atoms with Gasteiger partial charge >= 0.3 is 0 Å². The molecule has 1 atom stereocenters. The minimum atomic E-state index is -1.85. The number of amides is 1. The van der Waals surface area contributed by atoms with E-state index in [9.17, 15) is 4.79 Å². The van der Waals surface area contributed by atoms with Crippen LogP contribution in [0.4, 0.5) is 5.69 Å². The highest BCUT2D eigenvalue weighted by molar-refractivity contribution is 9.10. The van der Waals surface area contributed by atoms with Gasteiger partial charge in [-0.2, -0.15) is 0 Å². The molecule has 0 saturated heterocycles. The predicted molar refractivity (Wildman–Crippen MR) is 129 cm³/mol. The summed E-state index contributed by atoms with van der Waals surface area (Å²) in [7, 11) is 0. The highest BCUT2D eigenvalue weighted by Gasteiger charge is 2.35. The molecule has 4 nitrogen and oxygen atoms in total. The van der Waals surface area contributed by atoms with Gasteiger partial charge in [-0.15, -0.1) is 0 Å². The number of hydrogen-bond donors (Lipinski definition) is 3. The lowest BCUT2D eigenvalue weighted by Crippen LogP contribution is -2.56. The predicted octanol–water partition coefficient (Wildman–Crippen LogP) is 6.02. The number of rotatable bonds is 4. The summed E-state index contributed by atoms with van der Waals surface area (Å²) in [6.45, 7) is 0. The third-order valence-corrected chi connectivity index (χ3v) is 5.60. The first-order valence-corrected chi connectivity index (χ1v) is 10.8. The SMILES string of the molecule is O=C(NC(NC(=S)Nc1ccccc1Br)C(Cl)(Cl)Cl)c1cccc2ccccc12. The Kier molecular flexibility index (Phi) is 7.24. The van der Waals surface area contributed by atoms with E-state index in [2.05, 4.69) is 31.9 Å². The van der Waals surface area contributed by atoms with Gasteiger partial charge < -0.3 is 16.0 Å². The molecule has 0 saturated carbocycles. The molecule has 9 heteroatoms. The Hall–Kier alpha value is -1.57. The van der Waals surface area contributed by atoms with Crippen LogP contribution in [0.25, 0.3) is 10.8 Å². The largest absolute Gasteiger partial charge is 0.339 e. The van der Waals surface area contributed by atoms with E-state index in [0.717, 1.165) is 20.9 Å². The lowest BCUT2D eigenvalue weighted by atomic mass is 10.0. The first kappa shape index (κ1) is 22.1. The number of hydrogen-bond acceptors (Lipinski definition) is 2. The van der Waals surface area contributed by atoms with E-state index in [0.29, 0.717) is 5.56 Å². The Morgan fingerprint density at radius 2 is 1.59 bits per heavy atom. The molecule has 0 bridgehead atoms. The van der Waals surface area contributed by atoms with Crippen LogP contribution >= 0.6 is 63.0 Å². The molecule has 0 fully saturated rings. The summed E-state index contributed by atoms with van der Waals surface area (Å²) < 4.78 is -1.03. The van der Waals surface area contributed by atoms with Crippen molar-refractivity contribution in [3.8, 4) is 0 Å². The Morgan fingerprint density at radius 3 is 2.31 bits per heavy atom. The highest BCUT2D eigenvalue weighted by Crippen LogP contribution is 2.30. The lowest BCUT2D eigenvalue weighted by Gasteiger charge is -2.28. The van der Waals surface area contributed by atoms with Crippen LogP contribution in [0.2, 0.25) is 0 Å². The lowest BCUT2D eigenvalue weighted by molar-refractivity contribution is 0.0936. The summed E-state index contributed by atoms with van der Waals surface area (Å²) >= 11 is 27.0. The normalized spacial score (nSPS) is 12.3. The minimum absolute atomic E-state index is 0.187. The van der Waals surface area contributed by atoms with Crippen LogP contribution in [0.15, 0.2) is 71.2 Å². The van der Waals surface area contributed by atoms with E-state index in [1.54, 1.807) is 12.1 Å². The van der Waals surface area contributed by atoms with E-state index in [1.165, 1.54) is 0 Å². The Balaban J connectivity index is 1.78. The number of fused-ring (bicyclic) bond motifs is 1. The van der Waals surface area contributed by atoms with Crippen LogP contribution in [0.1, 0.15) is 10.4 Å². The zero-order valence-corrected chi connectivity index (χ0v) is 19.4. The van der Waals surface area contributed by atoms with Crippen LogP contribution < -0.4 is 16.0 Å². The second-order valence-corrected chi connectivity index (χ2v) is 9.68. The molecule has 0 aromatic heterocycles. The summed E-state index contributed by atoms with van der Waals surface area (Å²) in [6, 6.07) is 20.4. The standard InChI is InChI=1S/C20H15BrCl3N3OS/c21-15-10-3-4-11-16(15)25-19(29)27-18(20(22,23)24)26-17(28)14-9-5-7-12-6-1-2-8-13(12)14/h1-11,18H,(H,26,28)(H2,25,27,29). The number of anilines is 1. The van der Waals surface area contributed by atoms with Crippen molar-refractivity contribution < 1.29 is 4.79 Å². The molecule has 1 amide bonds. The molecule has 3 rings (SSSR count). The van der Waals surface area contributed by atoms with Crippen molar-refractivity contribution in [2.24, 2.45) is 0 Å². The number of para-hydroxylation sites is 1. The number of thiocarbonyl (C=S) groups is 1. The van der Waals surface area contributed by atoms with Gasteiger partial charge in [-0.05, 0) is 57.1 Å². The van der Waals surface area contributed by atoms with E-state index < -0.39 is 15.9 Å². The molecule has 0 spiro atoms. The maximum atomic E-state index is 12.9. The third-order valence-electron chi connectivity index (χ3n) is 4.03. The van der Waals surface area contributed by atoms with Crippen molar-refractivity contribution in [2.45, 2.75) is 9.96 Å². The van der Waals surface area contributed by atoms with Crippen LogP contribution in [-0.4, -0.2) is 21.0 Å². The molecule has 0 aliphatic rings. The molecular formula is C20H15BrCl3N3OS. The molecule has 3 aromatic rings. The molecule has 3 N–H and O–H groups in total. The zero-order valence-electron chi connectivity index (χ0n) is 14.8. The molecule has 1 unspecified atom stereocenters. The third kappa shape index (κ3) is 5.74. The van der Waals surface area contributed by atoms with Crippen LogP contribution in [0, 0.1) is 0 Å². The summed E-state index contributed by atoms with van der Waals surface area (Å²) in [4.78, 5) is 12.9. The smallest absolute Gasteiger partial charge is 0.253 e. The summed E-state index contributed by atoms with van der Waals surface area (Å²) in [6.07, 6.45) is -1.07. The van der Waals surface area contributed by atoms with Gasteiger partial charge in [0, 0.05) is 10.0 Å². The number of carbonyl (C=O) groups excluding carboxylic acids is 1. The van der Waals surface area contributed by atoms with E-state index >= 15 is 0 Å². The van der Waals surface area contributed by atoms with Gasteiger partial charge in [-0.1, -0.05) is 83.3 Å². The maximum absolute atomic E-state index is 12.9. The van der Waals surface area contributed by atoms with Gasteiger partial charge in [0.15, 0.2) is 5.11 Å². The van der Waals surface area contributed by atoms with Gasteiger partial charge in [0.2, 0.25) is 3.79 Å². The minimum Gasteiger partial charge on any atom is -0.339 e. The number of halogens is 4. The molecule has 150 valence electrons. The molecule has 3 aromatic carbocycles. The van der Waals surface area contributed by atoms with Crippen LogP contribution in [0.3, 0.4) is 0 Å². The summed E-state index contributed by atoms with van der Waals surface area (Å²) in [5, 5.41) is 10.5. The van der Waals surface area contributed by atoms with Gasteiger partial charge in [0.1, 0.15) is 6.17 Å². The van der Waals surface area contributed by atoms with Crippen molar-refractivity contribution in [1.29, 1.82) is 0 Å². The molecule has 29 heavy (non-hydrogen) atoms. The number of nitrogens with one attached hydrogen (secondary N) is 3. The number of benzene rings is 3. The van der Waals surface area contributed by atoms with Crippen molar-refractivity contribution in [3.05, 3.63) is 76.8 Å². The van der Waals surface area contributed by atoms with Crippen molar-refractivity contribution in [1.82, 2.24) is 10.6 Å². The fourth-order valence-electron chi connectivity index (χ4n) is 2.68. The highest BCUT2D eigenvalue weighted by atomic mass is 79.9. The van der Waals surface area contributed by atoms with E-state index in [1.807, 2.05) is 54.6 Å². The van der Waals surface area contributed by atoms with Crippen LogP contribution in [0.5, 0.6) is 0 Å². The second kappa shape index (κ2) is 9.49. The van der Waals surface area contributed by atoms with E-state index in [4.69, 9.17) is 47.0 Å².